The molecule has 0 saturated carbocycles. The maximum atomic E-state index is 13.7. The van der Waals surface area contributed by atoms with Crippen molar-refractivity contribution < 1.29 is 23.1 Å². The Kier molecular flexibility index (Phi) is 6.13. The highest BCUT2D eigenvalue weighted by atomic mass is 19.1. The molecule has 27 heavy (non-hydrogen) atoms. The van der Waals surface area contributed by atoms with Crippen molar-refractivity contribution in [1.82, 2.24) is 10.2 Å². The number of benzene rings is 2. The van der Waals surface area contributed by atoms with Crippen LogP contribution in [0.5, 0.6) is 0 Å². The molecule has 142 valence electrons. The van der Waals surface area contributed by atoms with E-state index in [2.05, 4.69) is 5.32 Å². The van der Waals surface area contributed by atoms with Crippen molar-refractivity contribution in [2.24, 2.45) is 0 Å². The van der Waals surface area contributed by atoms with Gasteiger partial charge in [0.15, 0.2) is 0 Å². The summed E-state index contributed by atoms with van der Waals surface area (Å²) in [6.07, 6.45) is 0.345. The minimum Gasteiger partial charge on any atom is -0.365 e. The fourth-order valence-corrected chi connectivity index (χ4v) is 2.90. The molecule has 0 radical (unpaired) electrons. The first kappa shape index (κ1) is 19.0. The summed E-state index contributed by atoms with van der Waals surface area (Å²) in [4.78, 5) is 25.8. The fraction of sp³-hybridized carbons (Fsp3) is 0.300. The molecule has 1 N–H and O–H groups in total. The molecular weight excluding hydrogens is 354 g/mol. The van der Waals surface area contributed by atoms with Crippen LogP contribution in [-0.2, 0) is 16.0 Å². The number of halogens is 2. The van der Waals surface area contributed by atoms with Gasteiger partial charge in [0.2, 0.25) is 5.91 Å². The summed E-state index contributed by atoms with van der Waals surface area (Å²) < 4.78 is 32.0. The predicted molar refractivity (Wildman–Crippen MR) is 95.2 cm³/mol. The molecular formula is C20H20F2N2O3. The predicted octanol–water partition coefficient (Wildman–Crippen LogP) is 2.16. The van der Waals surface area contributed by atoms with Gasteiger partial charge in [0.25, 0.3) is 5.91 Å². The second kappa shape index (κ2) is 8.73. The SMILES string of the molecule is O=C(NCC1CN(CCc2ccccc2)C(=O)CO1)c1ccc(F)cc1F. The zero-order chi connectivity index (χ0) is 19.2. The van der Waals surface area contributed by atoms with Crippen LogP contribution in [0, 0.1) is 11.6 Å². The maximum absolute atomic E-state index is 13.7. The molecule has 1 aliphatic heterocycles. The lowest BCUT2D eigenvalue weighted by Crippen LogP contribution is -2.51. The standard InChI is InChI=1S/C20H20F2N2O3/c21-15-6-7-17(18(22)10-15)20(26)23-11-16-12-24(19(25)13-27-16)9-8-14-4-2-1-3-5-14/h1-7,10,16H,8-9,11-13H2,(H,23,26). The van der Waals surface area contributed by atoms with Gasteiger partial charge in [0, 0.05) is 25.7 Å². The summed E-state index contributed by atoms with van der Waals surface area (Å²) in [6.45, 7) is 0.978. The van der Waals surface area contributed by atoms with E-state index in [4.69, 9.17) is 4.74 Å². The second-order valence-electron chi connectivity index (χ2n) is 6.34. The number of hydrogen-bond donors (Lipinski definition) is 1. The topological polar surface area (TPSA) is 58.6 Å². The van der Waals surface area contributed by atoms with Crippen LogP contribution >= 0.6 is 0 Å². The zero-order valence-electron chi connectivity index (χ0n) is 14.7. The molecule has 0 aliphatic carbocycles. The van der Waals surface area contributed by atoms with Crippen LogP contribution in [0.15, 0.2) is 48.5 Å². The van der Waals surface area contributed by atoms with E-state index < -0.39 is 17.5 Å². The molecule has 5 nitrogen and oxygen atoms in total. The van der Waals surface area contributed by atoms with Crippen molar-refractivity contribution in [1.29, 1.82) is 0 Å². The highest BCUT2D eigenvalue weighted by Crippen LogP contribution is 2.11. The molecule has 2 aromatic rings. The lowest BCUT2D eigenvalue weighted by molar-refractivity contribution is -0.148. The van der Waals surface area contributed by atoms with Crippen LogP contribution in [0.1, 0.15) is 15.9 Å². The largest absolute Gasteiger partial charge is 0.365 e. The number of amides is 2. The minimum atomic E-state index is -0.920. The first-order valence-corrected chi connectivity index (χ1v) is 8.69. The lowest BCUT2D eigenvalue weighted by atomic mass is 10.1. The van der Waals surface area contributed by atoms with Crippen molar-refractivity contribution in [3.05, 3.63) is 71.3 Å². The van der Waals surface area contributed by atoms with Crippen LogP contribution in [0.3, 0.4) is 0 Å². The van der Waals surface area contributed by atoms with Crippen LogP contribution in [0.4, 0.5) is 8.78 Å². The minimum absolute atomic E-state index is 0.0553. The number of nitrogens with zero attached hydrogens (tertiary/aromatic N) is 1. The quantitative estimate of drug-likeness (QED) is 0.843. The van der Waals surface area contributed by atoms with E-state index in [0.29, 0.717) is 19.2 Å². The summed E-state index contributed by atoms with van der Waals surface area (Å²) in [6, 6.07) is 12.6. The number of hydrogen-bond acceptors (Lipinski definition) is 3. The Labute approximate surface area is 155 Å². The van der Waals surface area contributed by atoms with Crippen LogP contribution in [-0.4, -0.2) is 49.1 Å². The van der Waals surface area contributed by atoms with Crippen LogP contribution < -0.4 is 5.32 Å². The summed E-state index contributed by atoms with van der Waals surface area (Å²) >= 11 is 0. The van der Waals surface area contributed by atoms with E-state index in [1.165, 1.54) is 0 Å². The Morgan fingerprint density at radius 1 is 1.19 bits per heavy atom. The third-order valence-corrected chi connectivity index (χ3v) is 4.40. The third-order valence-electron chi connectivity index (χ3n) is 4.40. The molecule has 1 unspecified atom stereocenters. The van der Waals surface area contributed by atoms with E-state index in [1.54, 1.807) is 4.90 Å². The molecule has 1 fully saturated rings. The van der Waals surface area contributed by atoms with Gasteiger partial charge in [-0.05, 0) is 24.1 Å². The summed E-state index contributed by atoms with van der Waals surface area (Å²) in [5.74, 6) is -2.41. The monoisotopic (exact) mass is 374 g/mol. The van der Waals surface area contributed by atoms with E-state index in [9.17, 15) is 18.4 Å². The van der Waals surface area contributed by atoms with Gasteiger partial charge in [-0.25, -0.2) is 8.78 Å². The molecule has 2 aromatic carbocycles. The van der Waals surface area contributed by atoms with Crippen molar-refractivity contribution in [2.45, 2.75) is 12.5 Å². The summed E-state index contributed by atoms with van der Waals surface area (Å²) in [7, 11) is 0. The Bertz CT molecular complexity index is 814. The number of rotatable bonds is 6. The lowest BCUT2D eigenvalue weighted by Gasteiger charge is -2.33. The number of carbonyl (C=O) groups excluding carboxylic acids is 2. The van der Waals surface area contributed by atoms with Gasteiger partial charge in [-0.2, -0.15) is 0 Å². The third kappa shape index (κ3) is 5.10. The number of morpholine rings is 1. The smallest absolute Gasteiger partial charge is 0.254 e. The maximum Gasteiger partial charge on any atom is 0.254 e. The van der Waals surface area contributed by atoms with Gasteiger partial charge in [-0.1, -0.05) is 30.3 Å². The average molecular weight is 374 g/mol. The van der Waals surface area contributed by atoms with Crippen molar-refractivity contribution in [3.63, 3.8) is 0 Å². The Balaban J connectivity index is 1.51. The first-order chi connectivity index (χ1) is 13.0. The van der Waals surface area contributed by atoms with Crippen molar-refractivity contribution >= 4 is 11.8 Å². The Morgan fingerprint density at radius 3 is 2.70 bits per heavy atom. The molecule has 2 amide bonds. The number of nitrogens with one attached hydrogen (secondary N) is 1. The molecule has 1 atom stereocenters. The molecule has 3 rings (SSSR count). The normalized spacial score (nSPS) is 17.0. The van der Waals surface area contributed by atoms with Crippen molar-refractivity contribution in [2.75, 3.05) is 26.2 Å². The van der Waals surface area contributed by atoms with E-state index in [0.717, 1.165) is 24.1 Å². The molecule has 0 spiro atoms. The zero-order valence-corrected chi connectivity index (χ0v) is 14.7. The molecule has 1 aliphatic rings. The molecule has 1 saturated heterocycles. The summed E-state index contributed by atoms with van der Waals surface area (Å²) in [5, 5.41) is 2.57. The van der Waals surface area contributed by atoms with Gasteiger partial charge >= 0.3 is 0 Å². The molecule has 7 heteroatoms. The van der Waals surface area contributed by atoms with Crippen LogP contribution in [0.25, 0.3) is 0 Å². The highest BCUT2D eigenvalue weighted by molar-refractivity contribution is 5.94. The molecule has 1 heterocycles. The van der Waals surface area contributed by atoms with Crippen molar-refractivity contribution in [3.8, 4) is 0 Å². The number of ether oxygens (including phenoxy) is 1. The van der Waals surface area contributed by atoms with Gasteiger partial charge < -0.3 is 15.0 Å². The fourth-order valence-electron chi connectivity index (χ4n) is 2.90. The Hall–Kier alpha value is -2.80. The van der Waals surface area contributed by atoms with E-state index in [-0.39, 0.29) is 30.7 Å². The highest BCUT2D eigenvalue weighted by Gasteiger charge is 2.26. The molecule has 0 aromatic heterocycles. The van der Waals surface area contributed by atoms with Gasteiger partial charge in [0.05, 0.1) is 11.7 Å². The summed E-state index contributed by atoms with van der Waals surface area (Å²) in [5.41, 5.74) is 0.901. The van der Waals surface area contributed by atoms with E-state index in [1.807, 2.05) is 30.3 Å². The van der Waals surface area contributed by atoms with E-state index >= 15 is 0 Å². The molecule has 0 bridgehead atoms. The number of carbonyl (C=O) groups is 2. The van der Waals surface area contributed by atoms with Crippen LogP contribution in [0.2, 0.25) is 0 Å². The van der Waals surface area contributed by atoms with Gasteiger partial charge in [0.1, 0.15) is 18.2 Å². The first-order valence-electron chi connectivity index (χ1n) is 8.69. The second-order valence-corrected chi connectivity index (χ2v) is 6.34. The van der Waals surface area contributed by atoms with Gasteiger partial charge in [-0.3, -0.25) is 9.59 Å². The Morgan fingerprint density at radius 2 is 1.96 bits per heavy atom. The average Bonchev–Trinajstić information content (AvgIpc) is 2.67. The van der Waals surface area contributed by atoms with Gasteiger partial charge in [-0.15, -0.1) is 0 Å².